The van der Waals surface area contributed by atoms with Gasteiger partial charge < -0.3 is 4.90 Å². The molecule has 0 N–H and O–H groups in total. The lowest BCUT2D eigenvalue weighted by Crippen LogP contribution is -2.25. The summed E-state index contributed by atoms with van der Waals surface area (Å²) in [5.74, 6) is 0.327. The van der Waals surface area contributed by atoms with Gasteiger partial charge in [-0.3, -0.25) is 4.79 Å². The molecule has 0 unspecified atom stereocenters. The minimum absolute atomic E-state index is 0.327. The van der Waals surface area contributed by atoms with Gasteiger partial charge in [-0.1, -0.05) is 13.3 Å². The highest BCUT2D eigenvalue weighted by Crippen LogP contribution is 2.09. The summed E-state index contributed by atoms with van der Waals surface area (Å²) in [4.78, 5) is 12.9. The number of hydrogen-bond acceptors (Lipinski definition) is 1. The number of likely N-dealkylation sites (tertiary alicyclic amines) is 1. The first kappa shape index (κ1) is 7.58. The van der Waals surface area contributed by atoms with E-state index in [1.807, 2.05) is 4.90 Å². The molecule has 0 spiro atoms. The van der Waals surface area contributed by atoms with Crippen molar-refractivity contribution in [3.8, 4) is 0 Å². The van der Waals surface area contributed by atoms with Gasteiger partial charge in [-0.15, -0.1) is 0 Å². The summed E-state index contributed by atoms with van der Waals surface area (Å²) >= 11 is 0. The van der Waals surface area contributed by atoms with E-state index < -0.39 is 0 Å². The second kappa shape index (κ2) is 3.59. The zero-order chi connectivity index (χ0) is 7.40. The van der Waals surface area contributed by atoms with Crippen LogP contribution in [0.3, 0.4) is 0 Å². The van der Waals surface area contributed by atoms with Gasteiger partial charge in [0.15, 0.2) is 0 Å². The van der Waals surface area contributed by atoms with Crippen LogP contribution in [0, 0.1) is 6.92 Å². The molecule has 1 saturated heterocycles. The Bertz CT molecular complexity index is 122. The van der Waals surface area contributed by atoms with E-state index in [9.17, 15) is 4.79 Å². The van der Waals surface area contributed by atoms with Crippen LogP contribution in [0.25, 0.3) is 0 Å². The minimum atomic E-state index is 0.327. The Kier molecular flexibility index (Phi) is 2.72. The van der Waals surface area contributed by atoms with Gasteiger partial charge >= 0.3 is 0 Å². The molecule has 1 aliphatic rings. The average molecular weight is 140 g/mol. The largest absolute Gasteiger partial charge is 0.343 e. The summed E-state index contributed by atoms with van der Waals surface area (Å²) in [6.45, 7) is 5.62. The topological polar surface area (TPSA) is 20.3 Å². The number of rotatable bonds is 3. The first-order valence-electron chi connectivity index (χ1n) is 3.91. The van der Waals surface area contributed by atoms with Crippen molar-refractivity contribution in [1.82, 2.24) is 4.90 Å². The zero-order valence-corrected chi connectivity index (χ0v) is 6.31. The van der Waals surface area contributed by atoms with Crippen LogP contribution in [0.2, 0.25) is 0 Å². The summed E-state index contributed by atoms with van der Waals surface area (Å²) in [5.41, 5.74) is 0. The van der Waals surface area contributed by atoms with Crippen molar-refractivity contribution in [3.05, 3.63) is 6.92 Å². The highest BCUT2D eigenvalue weighted by atomic mass is 16.2. The van der Waals surface area contributed by atoms with Crippen molar-refractivity contribution < 1.29 is 4.79 Å². The molecule has 1 aliphatic heterocycles. The second-order valence-corrected chi connectivity index (χ2v) is 2.69. The van der Waals surface area contributed by atoms with Crippen molar-refractivity contribution in [3.63, 3.8) is 0 Å². The van der Waals surface area contributed by atoms with Crippen LogP contribution in [0.5, 0.6) is 0 Å². The Hall–Kier alpha value is -0.530. The van der Waals surface area contributed by atoms with Gasteiger partial charge in [0, 0.05) is 19.5 Å². The van der Waals surface area contributed by atoms with E-state index in [4.69, 9.17) is 0 Å². The first-order chi connectivity index (χ1) is 4.84. The third-order valence-electron chi connectivity index (χ3n) is 1.85. The first-order valence-corrected chi connectivity index (χ1v) is 3.91. The lowest BCUT2D eigenvalue weighted by atomic mass is 10.3. The molecule has 0 aromatic heterocycles. The van der Waals surface area contributed by atoms with Gasteiger partial charge in [-0.2, -0.15) is 0 Å². The number of carbonyl (C=O) groups is 1. The maximum Gasteiger partial charge on any atom is 0.222 e. The highest BCUT2D eigenvalue weighted by Gasteiger charge is 2.18. The van der Waals surface area contributed by atoms with E-state index in [0.29, 0.717) is 5.91 Å². The molecule has 10 heavy (non-hydrogen) atoms. The van der Waals surface area contributed by atoms with Crippen LogP contribution in [-0.2, 0) is 4.79 Å². The molecule has 1 fully saturated rings. The minimum Gasteiger partial charge on any atom is -0.343 e. The fourth-order valence-corrected chi connectivity index (χ4v) is 1.24. The SMILES string of the molecule is [CH2]CCCN1CCCC1=O. The maximum atomic E-state index is 11.0. The lowest BCUT2D eigenvalue weighted by Gasteiger charge is -2.13. The molecule has 0 bridgehead atoms. The molecule has 0 aromatic rings. The Morgan fingerprint density at radius 2 is 2.40 bits per heavy atom. The molecule has 0 saturated carbocycles. The van der Waals surface area contributed by atoms with Crippen LogP contribution >= 0.6 is 0 Å². The summed E-state index contributed by atoms with van der Waals surface area (Å²) in [7, 11) is 0. The molecule has 1 radical (unpaired) electrons. The van der Waals surface area contributed by atoms with Gasteiger partial charge in [-0.05, 0) is 12.8 Å². The van der Waals surface area contributed by atoms with E-state index in [2.05, 4.69) is 6.92 Å². The van der Waals surface area contributed by atoms with Crippen molar-refractivity contribution in [2.75, 3.05) is 13.1 Å². The summed E-state index contributed by atoms with van der Waals surface area (Å²) < 4.78 is 0. The molecule has 0 aliphatic carbocycles. The molecule has 2 nitrogen and oxygen atoms in total. The molecule has 1 rings (SSSR count). The van der Waals surface area contributed by atoms with E-state index in [1.165, 1.54) is 0 Å². The third kappa shape index (κ3) is 1.72. The number of hydrogen-bond donors (Lipinski definition) is 0. The van der Waals surface area contributed by atoms with E-state index in [1.54, 1.807) is 0 Å². The standard InChI is InChI=1S/C8H14NO/c1-2-3-6-9-7-4-5-8(9)10/h1-7H2. The van der Waals surface area contributed by atoms with Gasteiger partial charge in [0.05, 0.1) is 0 Å². The summed E-state index contributed by atoms with van der Waals surface area (Å²) in [5, 5.41) is 0. The molecule has 1 heterocycles. The Labute approximate surface area is 62.2 Å². The molecular formula is C8H14NO. The number of carbonyl (C=O) groups excluding carboxylic acids is 1. The molecule has 57 valence electrons. The molecule has 2 heteroatoms. The van der Waals surface area contributed by atoms with Gasteiger partial charge in [-0.25, -0.2) is 0 Å². The van der Waals surface area contributed by atoms with Crippen LogP contribution in [-0.4, -0.2) is 23.9 Å². The summed E-state index contributed by atoms with van der Waals surface area (Å²) in [6, 6.07) is 0. The van der Waals surface area contributed by atoms with Crippen LogP contribution in [0.1, 0.15) is 25.7 Å². The quantitative estimate of drug-likeness (QED) is 0.577. The lowest BCUT2D eigenvalue weighted by molar-refractivity contribution is -0.127. The van der Waals surface area contributed by atoms with Crippen molar-refractivity contribution >= 4 is 5.91 Å². The number of nitrogens with zero attached hydrogens (tertiary/aromatic N) is 1. The Morgan fingerprint density at radius 1 is 1.60 bits per heavy atom. The van der Waals surface area contributed by atoms with E-state index >= 15 is 0 Å². The molecule has 0 aromatic carbocycles. The molecule has 1 amide bonds. The van der Waals surface area contributed by atoms with E-state index in [-0.39, 0.29) is 0 Å². The predicted molar refractivity (Wildman–Crippen MR) is 40.4 cm³/mol. The van der Waals surface area contributed by atoms with Crippen LogP contribution in [0.4, 0.5) is 0 Å². The average Bonchev–Trinajstić information content (AvgIpc) is 2.31. The van der Waals surface area contributed by atoms with Gasteiger partial charge in [0.25, 0.3) is 0 Å². The second-order valence-electron chi connectivity index (χ2n) is 2.69. The zero-order valence-electron chi connectivity index (χ0n) is 6.31. The Balaban J connectivity index is 2.20. The van der Waals surface area contributed by atoms with E-state index in [0.717, 1.165) is 38.8 Å². The Morgan fingerprint density at radius 3 is 2.90 bits per heavy atom. The van der Waals surface area contributed by atoms with Crippen molar-refractivity contribution in [1.29, 1.82) is 0 Å². The number of unbranched alkanes of at least 4 members (excludes halogenated alkanes) is 1. The smallest absolute Gasteiger partial charge is 0.222 e. The monoisotopic (exact) mass is 140 g/mol. The van der Waals surface area contributed by atoms with Crippen molar-refractivity contribution in [2.45, 2.75) is 25.7 Å². The third-order valence-corrected chi connectivity index (χ3v) is 1.85. The van der Waals surface area contributed by atoms with Crippen LogP contribution in [0.15, 0.2) is 0 Å². The maximum absolute atomic E-state index is 11.0. The molecule has 0 atom stereocenters. The summed E-state index contributed by atoms with van der Waals surface area (Å²) in [6.07, 6.45) is 3.79. The predicted octanol–water partition coefficient (Wildman–Crippen LogP) is 1.22. The fourth-order valence-electron chi connectivity index (χ4n) is 1.24. The normalized spacial score (nSPS) is 18.5. The fraction of sp³-hybridized carbons (Fsp3) is 0.750. The van der Waals surface area contributed by atoms with Crippen LogP contribution < -0.4 is 0 Å². The van der Waals surface area contributed by atoms with Crippen molar-refractivity contribution in [2.24, 2.45) is 0 Å². The highest BCUT2D eigenvalue weighted by molar-refractivity contribution is 5.77. The van der Waals surface area contributed by atoms with Gasteiger partial charge in [0.1, 0.15) is 0 Å². The molecular weight excluding hydrogens is 126 g/mol. The van der Waals surface area contributed by atoms with Gasteiger partial charge in [0.2, 0.25) is 5.91 Å². The number of amides is 1.